The molecule has 4 atom stereocenters. The smallest absolute Gasteiger partial charge is 0.351 e. The van der Waals surface area contributed by atoms with Gasteiger partial charge in [-0.05, 0) is 18.9 Å². The van der Waals surface area contributed by atoms with Crippen molar-refractivity contribution in [3.05, 3.63) is 22.7 Å². The molecule has 1 saturated heterocycles. The van der Waals surface area contributed by atoms with E-state index >= 15 is 0 Å². The number of aromatic nitrogens is 2. The Morgan fingerprint density at radius 3 is 2.83 bits per heavy atom. The zero-order valence-electron chi connectivity index (χ0n) is 13.7. The van der Waals surface area contributed by atoms with E-state index in [1.165, 1.54) is 6.07 Å². The Morgan fingerprint density at radius 1 is 1.50 bits per heavy atom. The summed E-state index contributed by atoms with van der Waals surface area (Å²) in [5.74, 6) is -0.713. The van der Waals surface area contributed by atoms with Crippen molar-refractivity contribution >= 4 is 11.8 Å². The number of hydrogen-bond donors (Lipinski definition) is 4. The Balaban J connectivity index is 1.74. The third-order valence-corrected chi connectivity index (χ3v) is 4.21. The summed E-state index contributed by atoms with van der Waals surface area (Å²) in [4.78, 5) is 27.2. The molecule has 3 rings (SSSR count). The van der Waals surface area contributed by atoms with Crippen LogP contribution >= 0.6 is 0 Å². The predicted octanol–water partition coefficient (Wildman–Crippen LogP) is -0.993. The summed E-state index contributed by atoms with van der Waals surface area (Å²) in [6.45, 7) is -0.341. The van der Waals surface area contributed by atoms with Crippen LogP contribution in [0.5, 0.6) is 0 Å². The molecule has 0 radical (unpaired) electrons. The molecule has 1 aliphatic carbocycles. The first-order valence-electron chi connectivity index (χ1n) is 8.07. The average Bonchev–Trinajstić information content (AvgIpc) is 2.76. The number of nitrogens with one attached hydrogen (secondary N) is 1. The van der Waals surface area contributed by atoms with Crippen LogP contribution in [0.1, 0.15) is 26.8 Å². The topological polar surface area (TPSA) is 143 Å². The highest BCUT2D eigenvalue weighted by atomic mass is 16.6. The summed E-state index contributed by atoms with van der Waals surface area (Å²) in [5, 5.41) is 29.0. The molecule has 1 aliphatic heterocycles. The van der Waals surface area contributed by atoms with E-state index in [0.29, 0.717) is 4.57 Å². The number of nitrogens with zero attached hydrogens (tertiary/aromatic N) is 2. The zero-order valence-corrected chi connectivity index (χ0v) is 12.7. The number of ether oxygens (including phenoxy) is 2. The van der Waals surface area contributed by atoms with Crippen LogP contribution in [0.2, 0.25) is 0 Å². The van der Waals surface area contributed by atoms with E-state index in [1.807, 2.05) is 0 Å². The lowest BCUT2D eigenvalue weighted by Gasteiger charge is -2.24. The number of aliphatic hydroxyl groups is 2. The van der Waals surface area contributed by atoms with Crippen LogP contribution in [-0.4, -0.2) is 55.9 Å². The molecule has 1 aromatic rings. The number of carbonyl (C=O) groups excluding carboxylic acids is 1. The van der Waals surface area contributed by atoms with Crippen molar-refractivity contribution in [1.29, 1.82) is 0 Å². The van der Waals surface area contributed by atoms with E-state index in [1.54, 1.807) is 5.48 Å². The van der Waals surface area contributed by atoms with E-state index < -0.39 is 36.2 Å². The van der Waals surface area contributed by atoms with Gasteiger partial charge in [0.25, 0.3) is 0 Å². The Morgan fingerprint density at radius 2 is 2.25 bits per heavy atom. The molecular formula is C14H19N3O7. The van der Waals surface area contributed by atoms with E-state index in [4.69, 9.17) is 16.1 Å². The van der Waals surface area contributed by atoms with Gasteiger partial charge < -0.3 is 19.7 Å². The molecule has 24 heavy (non-hydrogen) atoms. The van der Waals surface area contributed by atoms with Gasteiger partial charge in [-0.25, -0.2) is 4.79 Å². The highest BCUT2D eigenvalue weighted by molar-refractivity contribution is 5.73. The minimum atomic E-state index is -2.34. The number of carbonyl (C=O) groups is 1. The van der Waals surface area contributed by atoms with Crippen molar-refractivity contribution in [2.75, 3.05) is 12.1 Å². The van der Waals surface area contributed by atoms with E-state index in [0.717, 1.165) is 25.5 Å². The second-order valence-corrected chi connectivity index (χ2v) is 5.76. The van der Waals surface area contributed by atoms with Crippen molar-refractivity contribution in [2.24, 2.45) is 5.92 Å². The molecule has 132 valence electrons. The molecule has 2 fully saturated rings. The first-order chi connectivity index (χ1) is 11.9. The van der Waals surface area contributed by atoms with Crippen LogP contribution in [0.25, 0.3) is 0 Å². The number of esters is 1. The normalized spacial score (nSPS) is 33.6. The summed E-state index contributed by atoms with van der Waals surface area (Å²) in [6, 6.07) is 1.18. The fraction of sp³-hybridized carbons (Fsp3) is 0.643. The van der Waals surface area contributed by atoms with E-state index in [2.05, 4.69) is 4.98 Å². The number of rotatable bonds is 5. The van der Waals surface area contributed by atoms with Gasteiger partial charge in [0.1, 0.15) is 24.9 Å². The quantitative estimate of drug-likeness (QED) is 0.391. The molecule has 2 aliphatic rings. The van der Waals surface area contributed by atoms with Crippen LogP contribution in [0.15, 0.2) is 17.1 Å². The molecule has 10 heteroatoms. The SMILES string of the molecule is [2H][C@@]1(n2ccc(NO)nc2=O)O[C@H](COC(=O)C2CCC2)[C@@H](O)[C@H]1O. The third-order valence-electron chi connectivity index (χ3n) is 4.21. The molecule has 1 aromatic heterocycles. The monoisotopic (exact) mass is 342 g/mol. The van der Waals surface area contributed by atoms with Gasteiger partial charge in [0.05, 0.1) is 7.29 Å². The van der Waals surface area contributed by atoms with Gasteiger partial charge in [-0.15, -0.1) is 0 Å². The average molecular weight is 342 g/mol. The second-order valence-electron chi connectivity index (χ2n) is 5.76. The van der Waals surface area contributed by atoms with E-state index in [9.17, 15) is 19.8 Å². The lowest BCUT2D eigenvalue weighted by Crippen LogP contribution is -2.37. The summed E-state index contributed by atoms with van der Waals surface area (Å²) < 4.78 is 19.3. The fourth-order valence-corrected chi connectivity index (χ4v) is 2.53. The standard InChI is InChI=1S/C14H19N3O7/c18-10-8(6-23-13(20)7-2-1-3-7)24-12(11(10)19)17-5-4-9(16-22)15-14(17)21/h4-5,7-8,10-12,18-19,22H,1-3,6H2,(H,15,16,21)/t8-,10-,11-,12-/m1/s1/i12D. The summed E-state index contributed by atoms with van der Waals surface area (Å²) in [7, 11) is 0. The second kappa shape index (κ2) is 6.85. The van der Waals surface area contributed by atoms with Gasteiger partial charge in [0, 0.05) is 6.20 Å². The van der Waals surface area contributed by atoms with Crippen molar-refractivity contribution in [3.63, 3.8) is 0 Å². The number of hydrogen-bond acceptors (Lipinski definition) is 9. The molecule has 1 saturated carbocycles. The van der Waals surface area contributed by atoms with Gasteiger partial charge in [-0.3, -0.25) is 20.0 Å². The molecule has 2 heterocycles. The lowest BCUT2D eigenvalue weighted by atomic mass is 9.86. The summed E-state index contributed by atoms with van der Waals surface area (Å²) >= 11 is 0. The van der Waals surface area contributed by atoms with Crippen molar-refractivity contribution in [1.82, 2.24) is 9.55 Å². The predicted molar refractivity (Wildman–Crippen MR) is 78.1 cm³/mol. The van der Waals surface area contributed by atoms with Gasteiger partial charge in [-0.2, -0.15) is 4.98 Å². The third kappa shape index (κ3) is 3.13. The lowest BCUT2D eigenvalue weighted by molar-refractivity contribution is -0.157. The van der Waals surface area contributed by atoms with Crippen LogP contribution in [0.4, 0.5) is 5.82 Å². The molecule has 0 aromatic carbocycles. The van der Waals surface area contributed by atoms with Crippen molar-refractivity contribution < 1.29 is 31.1 Å². The van der Waals surface area contributed by atoms with Crippen molar-refractivity contribution in [2.45, 2.75) is 43.8 Å². The number of aliphatic hydroxyl groups excluding tert-OH is 2. The molecule has 0 spiro atoms. The molecule has 0 amide bonds. The Bertz CT molecular complexity index is 710. The van der Waals surface area contributed by atoms with Crippen LogP contribution in [0.3, 0.4) is 0 Å². The molecular weight excluding hydrogens is 322 g/mol. The van der Waals surface area contributed by atoms with E-state index in [-0.39, 0.29) is 18.3 Å². The largest absolute Gasteiger partial charge is 0.463 e. The Hall–Kier alpha value is -2.01. The van der Waals surface area contributed by atoms with Gasteiger partial charge in [0.15, 0.2) is 12.0 Å². The Labute approximate surface area is 138 Å². The molecule has 0 unspecified atom stereocenters. The highest BCUT2D eigenvalue weighted by Crippen LogP contribution is 2.30. The first kappa shape index (κ1) is 15.5. The summed E-state index contributed by atoms with van der Waals surface area (Å²) in [6.07, 6.45) is -3.26. The minimum Gasteiger partial charge on any atom is -0.463 e. The highest BCUT2D eigenvalue weighted by Gasteiger charge is 2.45. The fourth-order valence-electron chi connectivity index (χ4n) is 2.53. The molecule has 4 N–H and O–H groups in total. The van der Waals surface area contributed by atoms with Crippen LogP contribution in [0, 0.1) is 5.92 Å². The number of anilines is 1. The maximum absolute atomic E-state index is 12.0. The summed E-state index contributed by atoms with van der Waals surface area (Å²) in [5.41, 5.74) is 0.706. The molecule has 10 nitrogen and oxygen atoms in total. The zero-order chi connectivity index (χ0) is 18.2. The molecule has 0 bridgehead atoms. The van der Waals surface area contributed by atoms with Crippen LogP contribution in [-0.2, 0) is 14.3 Å². The maximum atomic E-state index is 12.0. The Kier molecular flexibility index (Phi) is 4.43. The van der Waals surface area contributed by atoms with Crippen molar-refractivity contribution in [3.8, 4) is 0 Å². The van der Waals surface area contributed by atoms with Gasteiger partial charge in [0.2, 0.25) is 0 Å². The first-order valence-corrected chi connectivity index (χ1v) is 7.57. The van der Waals surface area contributed by atoms with Crippen LogP contribution < -0.4 is 11.2 Å². The van der Waals surface area contributed by atoms with Gasteiger partial charge in [-0.1, -0.05) is 6.42 Å². The minimum absolute atomic E-state index is 0.149. The van der Waals surface area contributed by atoms with Gasteiger partial charge >= 0.3 is 11.7 Å². The maximum Gasteiger partial charge on any atom is 0.351 e.